The third kappa shape index (κ3) is 12.3. The summed E-state index contributed by atoms with van der Waals surface area (Å²) in [5.41, 5.74) is 16.3. The molecule has 5 unspecified atom stereocenters. The zero-order valence-corrected chi connectivity index (χ0v) is 19.5. The molecule has 0 spiro atoms. The van der Waals surface area contributed by atoms with Gasteiger partial charge in [-0.25, -0.2) is 4.79 Å². The Morgan fingerprint density at radius 3 is 2.09 bits per heavy atom. The van der Waals surface area contributed by atoms with Crippen LogP contribution in [0.5, 0.6) is 0 Å². The molecule has 0 fully saturated rings. The Morgan fingerprint density at radius 1 is 1.00 bits per heavy atom. The Hall–Kier alpha value is -2.62. The standard InChI is InChI=1S/C18H35N7O7S/c1-9(27)13(16(30)24-12(8-26)17(31)32)25-15(29)11(5-7-33-2)23-14(28)10(19)4-3-6-22-18(20)21/h9-13,26-27H,3-8,19H2,1-2H3,(H,23,28)(H,24,30)(H,25,29)(H,31,32)(H4,20,21,22). The van der Waals surface area contributed by atoms with Gasteiger partial charge in [0.2, 0.25) is 17.7 Å². The predicted octanol–water partition coefficient (Wildman–Crippen LogP) is -3.97. The van der Waals surface area contributed by atoms with E-state index in [4.69, 9.17) is 27.4 Å². The lowest BCUT2D eigenvalue weighted by molar-refractivity contribution is -0.144. The molecule has 0 saturated carbocycles. The Balaban J connectivity index is 5.19. The third-order valence-electron chi connectivity index (χ3n) is 4.41. The van der Waals surface area contributed by atoms with Crippen LogP contribution in [0.1, 0.15) is 26.2 Å². The minimum Gasteiger partial charge on any atom is -0.480 e. The van der Waals surface area contributed by atoms with Crippen molar-refractivity contribution in [3.8, 4) is 0 Å². The number of nitrogens with two attached hydrogens (primary N) is 3. The molecule has 15 heteroatoms. The SMILES string of the molecule is CSCCC(NC(=O)C(N)CCCN=C(N)N)C(=O)NC(C(=O)NC(CO)C(=O)O)C(C)O. The van der Waals surface area contributed by atoms with Gasteiger partial charge in [0.05, 0.1) is 18.8 Å². The maximum absolute atomic E-state index is 12.8. The molecular formula is C18H35N7O7S. The van der Waals surface area contributed by atoms with Crippen molar-refractivity contribution in [3.05, 3.63) is 0 Å². The molecule has 190 valence electrons. The van der Waals surface area contributed by atoms with Gasteiger partial charge >= 0.3 is 5.97 Å². The van der Waals surface area contributed by atoms with Crippen molar-refractivity contribution in [2.75, 3.05) is 25.2 Å². The molecule has 0 saturated heterocycles. The number of aliphatic carboxylic acids is 1. The molecule has 0 aliphatic heterocycles. The maximum Gasteiger partial charge on any atom is 0.328 e. The third-order valence-corrected chi connectivity index (χ3v) is 5.05. The summed E-state index contributed by atoms with van der Waals surface area (Å²) in [6.07, 6.45) is 1.32. The summed E-state index contributed by atoms with van der Waals surface area (Å²) < 4.78 is 0. The number of thioether (sulfide) groups is 1. The average Bonchev–Trinajstić information content (AvgIpc) is 2.74. The first-order valence-electron chi connectivity index (χ1n) is 10.2. The number of aliphatic imine (C=N–C) groups is 1. The molecule has 0 aromatic rings. The number of carbonyl (C=O) groups excluding carboxylic acids is 3. The van der Waals surface area contributed by atoms with Crippen LogP contribution in [0.15, 0.2) is 4.99 Å². The van der Waals surface area contributed by atoms with E-state index in [9.17, 15) is 24.3 Å². The second-order valence-corrected chi connectivity index (χ2v) is 8.19. The van der Waals surface area contributed by atoms with Crippen LogP contribution in [0.2, 0.25) is 0 Å². The van der Waals surface area contributed by atoms with Crippen molar-refractivity contribution < 1.29 is 34.5 Å². The number of aliphatic hydroxyl groups excluding tert-OH is 2. The minimum absolute atomic E-state index is 0.0767. The number of nitrogens with zero attached hydrogens (tertiary/aromatic N) is 1. The predicted molar refractivity (Wildman–Crippen MR) is 123 cm³/mol. The highest BCUT2D eigenvalue weighted by molar-refractivity contribution is 7.98. The first-order valence-corrected chi connectivity index (χ1v) is 11.6. The number of carboxylic acids is 1. The molecule has 14 nitrogen and oxygen atoms in total. The number of rotatable bonds is 16. The van der Waals surface area contributed by atoms with E-state index in [1.807, 2.05) is 5.32 Å². The second kappa shape index (κ2) is 16.1. The van der Waals surface area contributed by atoms with Gasteiger partial charge in [-0.15, -0.1) is 0 Å². The Morgan fingerprint density at radius 2 is 1.61 bits per heavy atom. The average molecular weight is 494 g/mol. The number of hydrogen-bond donors (Lipinski definition) is 9. The normalized spacial score (nSPS) is 15.3. The van der Waals surface area contributed by atoms with Crippen molar-refractivity contribution in [1.82, 2.24) is 16.0 Å². The fourth-order valence-corrected chi connectivity index (χ4v) is 3.01. The first-order chi connectivity index (χ1) is 15.4. The lowest BCUT2D eigenvalue weighted by atomic mass is 10.1. The lowest BCUT2D eigenvalue weighted by Crippen LogP contribution is -2.60. The fraction of sp³-hybridized carbons (Fsp3) is 0.722. The van der Waals surface area contributed by atoms with E-state index in [1.54, 1.807) is 6.26 Å². The Bertz CT molecular complexity index is 689. The molecule has 12 N–H and O–H groups in total. The highest BCUT2D eigenvalue weighted by atomic mass is 32.2. The molecule has 0 rings (SSSR count). The van der Waals surface area contributed by atoms with Crippen molar-refractivity contribution in [2.45, 2.75) is 56.5 Å². The monoisotopic (exact) mass is 493 g/mol. The van der Waals surface area contributed by atoms with Crippen LogP contribution in [0.3, 0.4) is 0 Å². The summed E-state index contributed by atoms with van der Waals surface area (Å²) in [7, 11) is 0. The highest BCUT2D eigenvalue weighted by Crippen LogP contribution is 2.05. The summed E-state index contributed by atoms with van der Waals surface area (Å²) in [5, 5.41) is 34.8. The summed E-state index contributed by atoms with van der Waals surface area (Å²) in [5.74, 6) is -3.43. The van der Waals surface area contributed by atoms with Crippen LogP contribution in [0.25, 0.3) is 0 Å². The molecule has 0 aliphatic carbocycles. The Labute approximate surface area is 196 Å². The molecule has 5 atom stereocenters. The van der Waals surface area contributed by atoms with E-state index in [0.29, 0.717) is 12.2 Å². The molecule has 0 bridgehead atoms. The van der Waals surface area contributed by atoms with Gasteiger partial charge in [0.25, 0.3) is 0 Å². The van der Waals surface area contributed by atoms with Gasteiger partial charge in [0.15, 0.2) is 5.96 Å². The van der Waals surface area contributed by atoms with Gasteiger partial charge < -0.3 is 48.5 Å². The summed E-state index contributed by atoms with van der Waals surface area (Å²) in [6, 6.07) is -5.12. The first kappa shape index (κ1) is 30.4. The quantitative estimate of drug-likeness (QED) is 0.0569. The molecule has 0 aromatic heterocycles. The van der Waals surface area contributed by atoms with Crippen LogP contribution >= 0.6 is 11.8 Å². The fourth-order valence-electron chi connectivity index (χ4n) is 2.54. The van der Waals surface area contributed by atoms with Crippen molar-refractivity contribution in [3.63, 3.8) is 0 Å². The van der Waals surface area contributed by atoms with Crippen LogP contribution in [0, 0.1) is 0 Å². The molecule has 3 amide bonds. The number of amides is 3. The van der Waals surface area contributed by atoms with Crippen LogP contribution in [-0.2, 0) is 19.2 Å². The van der Waals surface area contributed by atoms with Gasteiger partial charge in [0, 0.05) is 6.54 Å². The zero-order chi connectivity index (χ0) is 25.6. The van der Waals surface area contributed by atoms with Gasteiger partial charge in [-0.3, -0.25) is 19.4 Å². The van der Waals surface area contributed by atoms with Gasteiger partial charge in [-0.2, -0.15) is 11.8 Å². The highest BCUT2D eigenvalue weighted by Gasteiger charge is 2.32. The van der Waals surface area contributed by atoms with E-state index in [-0.39, 0.29) is 25.3 Å². The Kier molecular flexibility index (Phi) is 14.8. The molecule has 33 heavy (non-hydrogen) atoms. The number of carbonyl (C=O) groups is 4. The van der Waals surface area contributed by atoms with Crippen LogP contribution < -0.4 is 33.2 Å². The minimum atomic E-state index is -1.61. The number of hydrogen-bond acceptors (Lipinski definition) is 9. The largest absolute Gasteiger partial charge is 0.480 e. The smallest absolute Gasteiger partial charge is 0.328 e. The summed E-state index contributed by atoms with van der Waals surface area (Å²) >= 11 is 1.43. The molecule has 0 aromatic carbocycles. The van der Waals surface area contributed by atoms with Crippen LogP contribution in [0.4, 0.5) is 0 Å². The van der Waals surface area contributed by atoms with Crippen molar-refractivity contribution >= 4 is 41.4 Å². The molecular weight excluding hydrogens is 458 g/mol. The van der Waals surface area contributed by atoms with E-state index in [1.165, 1.54) is 18.7 Å². The lowest BCUT2D eigenvalue weighted by Gasteiger charge is -2.26. The van der Waals surface area contributed by atoms with Crippen molar-refractivity contribution in [1.29, 1.82) is 0 Å². The van der Waals surface area contributed by atoms with E-state index >= 15 is 0 Å². The molecule has 0 radical (unpaired) electrons. The van der Waals surface area contributed by atoms with Gasteiger partial charge in [-0.1, -0.05) is 0 Å². The molecule has 0 aliphatic rings. The second-order valence-electron chi connectivity index (χ2n) is 7.21. The van der Waals surface area contributed by atoms with Crippen LogP contribution in [-0.4, -0.2) is 100 Å². The number of guanidine groups is 1. The zero-order valence-electron chi connectivity index (χ0n) is 18.7. The van der Waals surface area contributed by atoms with Gasteiger partial charge in [-0.05, 0) is 38.2 Å². The topological polar surface area (TPSA) is 255 Å². The molecule has 0 heterocycles. The number of carboxylic acid groups (broad SMARTS) is 1. The van der Waals surface area contributed by atoms with Gasteiger partial charge in [0.1, 0.15) is 18.1 Å². The van der Waals surface area contributed by atoms with E-state index < -0.39 is 60.6 Å². The number of aliphatic hydroxyl groups is 2. The summed E-state index contributed by atoms with van der Waals surface area (Å²) in [4.78, 5) is 52.4. The summed E-state index contributed by atoms with van der Waals surface area (Å²) in [6.45, 7) is 0.631. The van der Waals surface area contributed by atoms with E-state index in [2.05, 4.69) is 15.6 Å². The van der Waals surface area contributed by atoms with E-state index in [0.717, 1.165) is 0 Å². The van der Waals surface area contributed by atoms with Crippen molar-refractivity contribution in [2.24, 2.45) is 22.2 Å². The maximum atomic E-state index is 12.8. The number of nitrogens with one attached hydrogen (secondary N) is 3.